The molecule has 1 heterocycles. The van der Waals surface area contributed by atoms with E-state index in [4.69, 9.17) is 0 Å². The zero-order valence-corrected chi connectivity index (χ0v) is 7.53. The van der Waals surface area contributed by atoms with E-state index in [1.54, 1.807) is 11.3 Å². The van der Waals surface area contributed by atoms with Gasteiger partial charge in [-0.2, -0.15) is 11.3 Å². The van der Waals surface area contributed by atoms with Crippen LogP contribution in [0, 0.1) is 0 Å². The molecule has 0 radical (unpaired) electrons. The van der Waals surface area contributed by atoms with Gasteiger partial charge in [-0.15, -0.1) is 0 Å². The Morgan fingerprint density at radius 1 is 0.800 bits per heavy atom. The molecule has 0 aliphatic rings. The Hall–Kier alpha value is -0.300. The van der Waals surface area contributed by atoms with Gasteiger partial charge in [0, 0.05) is 0 Å². The molecule has 62 valence electrons. The minimum Gasteiger partial charge on any atom is -0.152 e. The minimum absolute atomic E-state index is 0. The zero-order chi connectivity index (χ0) is 7.54. The lowest BCUT2D eigenvalue weighted by Crippen LogP contribution is -1.16. The molecule has 0 amide bonds. The molecule has 0 nitrogen and oxygen atoms in total. The van der Waals surface area contributed by atoms with Gasteiger partial charge in [0.1, 0.15) is 0 Å². The van der Waals surface area contributed by atoms with Crippen molar-refractivity contribution in [1.29, 1.82) is 0 Å². The third-order valence-electron chi connectivity index (χ3n) is 0.425. The van der Waals surface area contributed by atoms with E-state index in [1.807, 2.05) is 50.6 Å². The summed E-state index contributed by atoms with van der Waals surface area (Å²) in [5.74, 6) is 0. The molecule has 0 unspecified atom stereocenters. The molecule has 1 aromatic rings. The van der Waals surface area contributed by atoms with Gasteiger partial charge in [0.25, 0.3) is 0 Å². The molecule has 10 heavy (non-hydrogen) atoms. The standard InChI is InChI=1S/C4H4S.2C2H6.CH4/c1-2-4-5-3-1;2*1-2;/h1-4H;2*1-2H3;1H4. The maximum atomic E-state index is 2.04. The fraction of sp³-hybridized carbons (Fsp3) is 0.556. The summed E-state index contributed by atoms with van der Waals surface area (Å²) in [7, 11) is 0. The predicted molar refractivity (Wildman–Crippen MR) is 53.7 cm³/mol. The molecule has 1 heteroatoms. The molecule has 0 saturated heterocycles. The van der Waals surface area contributed by atoms with E-state index in [0.717, 1.165) is 0 Å². The van der Waals surface area contributed by atoms with E-state index in [-0.39, 0.29) is 7.43 Å². The molecule has 1 aromatic heterocycles. The first-order valence-electron chi connectivity index (χ1n) is 3.47. The summed E-state index contributed by atoms with van der Waals surface area (Å²) in [5, 5.41) is 4.08. The second kappa shape index (κ2) is 23.4. The summed E-state index contributed by atoms with van der Waals surface area (Å²) in [4.78, 5) is 0. The molecular formula is C9H20S. The van der Waals surface area contributed by atoms with Crippen LogP contribution < -0.4 is 0 Å². The maximum absolute atomic E-state index is 2.04. The SMILES string of the molecule is C.CC.CC.c1ccsc1. The van der Waals surface area contributed by atoms with E-state index in [2.05, 4.69) is 0 Å². The highest BCUT2D eigenvalue weighted by Gasteiger charge is 1.58. The van der Waals surface area contributed by atoms with Gasteiger partial charge in [-0.1, -0.05) is 47.3 Å². The van der Waals surface area contributed by atoms with Crippen LogP contribution in [0.4, 0.5) is 0 Å². The lowest BCUT2D eigenvalue weighted by Gasteiger charge is -1.39. The Morgan fingerprint density at radius 3 is 1.20 bits per heavy atom. The summed E-state index contributed by atoms with van der Waals surface area (Å²) in [6.07, 6.45) is 0. The van der Waals surface area contributed by atoms with Gasteiger partial charge in [0.05, 0.1) is 0 Å². The molecule has 1 rings (SSSR count). The molecule has 0 fully saturated rings. The second-order valence-electron chi connectivity index (χ2n) is 0.793. The molecule has 0 aromatic carbocycles. The van der Waals surface area contributed by atoms with E-state index < -0.39 is 0 Å². The molecule has 0 bridgehead atoms. The van der Waals surface area contributed by atoms with Gasteiger partial charge < -0.3 is 0 Å². The van der Waals surface area contributed by atoms with Crippen molar-refractivity contribution in [3.8, 4) is 0 Å². The van der Waals surface area contributed by atoms with Crippen LogP contribution >= 0.6 is 11.3 Å². The van der Waals surface area contributed by atoms with Crippen LogP contribution in [0.3, 0.4) is 0 Å². The third-order valence-corrected chi connectivity index (χ3v) is 1.05. The summed E-state index contributed by atoms with van der Waals surface area (Å²) in [6, 6.07) is 4.04. The Bertz CT molecular complexity index is 61.2. The molecule has 0 atom stereocenters. The number of thiophene rings is 1. The van der Waals surface area contributed by atoms with Crippen LogP contribution in [0.5, 0.6) is 0 Å². The average Bonchev–Trinajstić information content (AvgIpc) is 2.51. The van der Waals surface area contributed by atoms with Crippen LogP contribution in [0.2, 0.25) is 0 Å². The van der Waals surface area contributed by atoms with Crippen molar-refractivity contribution in [2.45, 2.75) is 35.1 Å². The molecule has 0 aliphatic heterocycles. The third kappa shape index (κ3) is 15.6. The molecular weight excluding hydrogens is 140 g/mol. The van der Waals surface area contributed by atoms with Crippen LogP contribution in [0.25, 0.3) is 0 Å². The van der Waals surface area contributed by atoms with E-state index in [9.17, 15) is 0 Å². The summed E-state index contributed by atoms with van der Waals surface area (Å²) in [6.45, 7) is 8.00. The summed E-state index contributed by atoms with van der Waals surface area (Å²) >= 11 is 1.71. The first-order valence-corrected chi connectivity index (χ1v) is 4.41. The van der Waals surface area contributed by atoms with Crippen LogP contribution in [-0.4, -0.2) is 0 Å². The highest BCUT2D eigenvalue weighted by atomic mass is 32.1. The van der Waals surface area contributed by atoms with E-state index in [0.29, 0.717) is 0 Å². The van der Waals surface area contributed by atoms with Crippen LogP contribution in [0.1, 0.15) is 35.1 Å². The van der Waals surface area contributed by atoms with Gasteiger partial charge >= 0.3 is 0 Å². The van der Waals surface area contributed by atoms with Crippen molar-refractivity contribution < 1.29 is 0 Å². The Morgan fingerprint density at radius 2 is 1.10 bits per heavy atom. The molecule has 0 spiro atoms. The normalized spacial score (nSPS) is 5.20. The maximum Gasteiger partial charge on any atom is -0.00934 e. The van der Waals surface area contributed by atoms with Crippen molar-refractivity contribution in [2.24, 2.45) is 0 Å². The molecule has 0 aliphatic carbocycles. The van der Waals surface area contributed by atoms with Crippen molar-refractivity contribution in [2.75, 3.05) is 0 Å². The first kappa shape index (κ1) is 16.4. The van der Waals surface area contributed by atoms with E-state index in [1.165, 1.54) is 0 Å². The van der Waals surface area contributed by atoms with Crippen molar-refractivity contribution in [3.05, 3.63) is 22.9 Å². The lowest BCUT2D eigenvalue weighted by molar-refractivity contribution is 1.50. The van der Waals surface area contributed by atoms with Crippen molar-refractivity contribution in [1.82, 2.24) is 0 Å². The average molecular weight is 160 g/mol. The van der Waals surface area contributed by atoms with Crippen LogP contribution in [0.15, 0.2) is 22.9 Å². The Balaban J connectivity index is -0.0000000875. The summed E-state index contributed by atoms with van der Waals surface area (Å²) in [5.41, 5.74) is 0. The summed E-state index contributed by atoms with van der Waals surface area (Å²) < 4.78 is 0. The van der Waals surface area contributed by atoms with Gasteiger partial charge in [-0.05, 0) is 10.8 Å². The largest absolute Gasteiger partial charge is 0.152 e. The van der Waals surface area contributed by atoms with Crippen molar-refractivity contribution in [3.63, 3.8) is 0 Å². The fourth-order valence-corrected chi connectivity index (χ4v) is 0.680. The Kier molecular flexibility index (Phi) is 38.2. The lowest BCUT2D eigenvalue weighted by atomic mass is 10.7. The number of hydrogen-bond acceptors (Lipinski definition) is 1. The number of rotatable bonds is 0. The van der Waals surface area contributed by atoms with Gasteiger partial charge in [-0.25, -0.2) is 0 Å². The Labute approximate surface area is 69.9 Å². The van der Waals surface area contributed by atoms with Gasteiger partial charge in [0.15, 0.2) is 0 Å². The van der Waals surface area contributed by atoms with E-state index >= 15 is 0 Å². The minimum atomic E-state index is 0. The topological polar surface area (TPSA) is 0 Å². The molecule has 0 N–H and O–H groups in total. The zero-order valence-electron chi connectivity index (χ0n) is 6.72. The van der Waals surface area contributed by atoms with Crippen LogP contribution in [-0.2, 0) is 0 Å². The number of hydrogen-bond donors (Lipinski definition) is 0. The smallest absolute Gasteiger partial charge is 0.00934 e. The second-order valence-corrected chi connectivity index (χ2v) is 1.61. The van der Waals surface area contributed by atoms with Gasteiger partial charge in [-0.3, -0.25) is 0 Å². The monoisotopic (exact) mass is 160 g/mol. The predicted octanol–water partition coefficient (Wildman–Crippen LogP) is 4.44. The highest BCUT2D eigenvalue weighted by molar-refractivity contribution is 7.07. The van der Waals surface area contributed by atoms with Crippen molar-refractivity contribution >= 4 is 11.3 Å². The first-order chi connectivity index (χ1) is 4.50. The van der Waals surface area contributed by atoms with Gasteiger partial charge in [0.2, 0.25) is 0 Å². The highest BCUT2D eigenvalue weighted by Crippen LogP contribution is 1.91. The molecule has 0 saturated carbocycles. The quantitative estimate of drug-likeness (QED) is 0.526. The fourth-order valence-electron chi connectivity index (χ4n) is 0.227.